The molecule has 1 heterocycles. The van der Waals surface area contributed by atoms with Crippen LogP contribution in [0.4, 0.5) is 0 Å². The molecule has 120 valence electrons. The number of H-pyrrole nitrogens is 1. The minimum atomic E-state index is 0.0700. The zero-order valence-electron chi connectivity index (χ0n) is 13.9. The zero-order valence-corrected chi connectivity index (χ0v) is 13.9. The van der Waals surface area contributed by atoms with Gasteiger partial charge in [-0.1, -0.05) is 24.3 Å². The number of ether oxygens (including phenoxy) is 1. The molecule has 0 saturated carbocycles. The topological polar surface area (TPSA) is 48.5 Å². The van der Waals surface area contributed by atoms with Gasteiger partial charge in [0.25, 0.3) is 0 Å². The van der Waals surface area contributed by atoms with Crippen LogP contribution in [0.5, 0.6) is 11.5 Å². The van der Waals surface area contributed by atoms with Crippen LogP contribution in [0.1, 0.15) is 22.9 Å². The maximum Gasteiger partial charge on any atom is 0.160 e. The molecule has 0 amide bonds. The second-order valence-corrected chi connectivity index (χ2v) is 6.01. The largest absolute Gasteiger partial charge is 0.504 e. The van der Waals surface area contributed by atoms with E-state index in [-0.39, 0.29) is 11.8 Å². The van der Waals surface area contributed by atoms with E-state index in [1.54, 1.807) is 13.2 Å². The predicted molar refractivity (Wildman–Crippen MR) is 93.2 cm³/mol. The Morgan fingerprint density at radius 1 is 1.13 bits per heavy atom. The Morgan fingerprint density at radius 3 is 2.57 bits per heavy atom. The number of benzene rings is 2. The van der Waals surface area contributed by atoms with Gasteiger partial charge in [0.2, 0.25) is 0 Å². The lowest BCUT2D eigenvalue weighted by Crippen LogP contribution is -2.21. The van der Waals surface area contributed by atoms with Gasteiger partial charge in [0.15, 0.2) is 11.5 Å². The molecule has 1 unspecified atom stereocenters. The number of phenols is 1. The van der Waals surface area contributed by atoms with Crippen molar-refractivity contribution in [2.45, 2.75) is 13.0 Å². The van der Waals surface area contributed by atoms with Crippen LogP contribution in [0.2, 0.25) is 0 Å². The smallest absolute Gasteiger partial charge is 0.160 e. The average Bonchev–Trinajstić information content (AvgIpc) is 2.85. The van der Waals surface area contributed by atoms with Crippen molar-refractivity contribution in [1.82, 2.24) is 9.88 Å². The number of aryl methyl sites for hydroxylation is 1. The second kappa shape index (κ2) is 5.97. The fraction of sp³-hybridized carbons (Fsp3) is 0.263. The Hall–Kier alpha value is -2.46. The van der Waals surface area contributed by atoms with E-state index in [1.165, 1.54) is 10.9 Å². The first kappa shape index (κ1) is 15.4. The molecule has 0 radical (unpaired) electrons. The summed E-state index contributed by atoms with van der Waals surface area (Å²) in [4.78, 5) is 5.64. The molecule has 3 aromatic rings. The summed E-state index contributed by atoms with van der Waals surface area (Å²) in [5.41, 5.74) is 4.62. The van der Waals surface area contributed by atoms with E-state index in [1.807, 2.05) is 18.2 Å². The van der Waals surface area contributed by atoms with Crippen LogP contribution in [0.25, 0.3) is 10.9 Å². The van der Waals surface area contributed by atoms with Crippen LogP contribution < -0.4 is 4.74 Å². The molecule has 0 bridgehead atoms. The zero-order chi connectivity index (χ0) is 16.6. The van der Waals surface area contributed by atoms with Gasteiger partial charge < -0.3 is 14.8 Å². The fourth-order valence-electron chi connectivity index (χ4n) is 3.24. The summed E-state index contributed by atoms with van der Waals surface area (Å²) in [5.74, 6) is 0.649. The molecule has 2 N–H and O–H groups in total. The Labute approximate surface area is 136 Å². The van der Waals surface area contributed by atoms with Crippen LogP contribution in [0.15, 0.2) is 42.5 Å². The maximum atomic E-state index is 9.87. The van der Waals surface area contributed by atoms with Gasteiger partial charge in [0.05, 0.1) is 13.2 Å². The first-order valence-corrected chi connectivity index (χ1v) is 7.63. The maximum absolute atomic E-state index is 9.87. The Bertz CT molecular complexity index is 837. The van der Waals surface area contributed by atoms with E-state index in [0.717, 1.165) is 16.8 Å². The van der Waals surface area contributed by atoms with Crippen molar-refractivity contribution in [2.24, 2.45) is 0 Å². The highest BCUT2D eigenvalue weighted by Crippen LogP contribution is 2.37. The molecule has 3 rings (SSSR count). The summed E-state index contributed by atoms with van der Waals surface area (Å²) in [6.07, 6.45) is 0. The van der Waals surface area contributed by atoms with Crippen LogP contribution in [0.3, 0.4) is 0 Å². The van der Waals surface area contributed by atoms with Gasteiger partial charge in [0.1, 0.15) is 0 Å². The molecule has 0 spiro atoms. The van der Waals surface area contributed by atoms with Gasteiger partial charge >= 0.3 is 0 Å². The van der Waals surface area contributed by atoms with E-state index in [9.17, 15) is 5.11 Å². The molecule has 0 saturated heterocycles. The van der Waals surface area contributed by atoms with Crippen LogP contribution >= 0.6 is 0 Å². The molecule has 0 aliphatic carbocycles. The van der Waals surface area contributed by atoms with Crippen LogP contribution in [0, 0.1) is 6.92 Å². The third-order valence-corrected chi connectivity index (χ3v) is 4.25. The lowest BCUT2D eigenvalue weighted by molar-refractivity contribution is 0.338. The number of nitrogens with zero attached hydrogens (tertiary/aromatic N) is 1. The van der Waals surface area contributed by atoms with Crippen molar-refractivity contribution in [2.75, 3.05) is 21.2 Å². The number of rotatable bonds is 4. The van der Waals surface area contributed by atoms with Crippen LogP contribution in [-0.2, 0) is 0 Å². The molecule has 4 nitrogen and oxygen atoms in total. The number of hydrogen-bond donors (Lipinski definition) is 2. The molecule has 4 heteroatoms. The third kappa shape index (κ3) is 2.66. The number of aromatic hydroxyl groups is 1. The van der Waals surface area contributed by atoms with E-state index in [0.29, 0.717) is 5.75 Å². The third-order valence-electron chi connectivity index (χ3n) is 4.25. The highest BCUT2D eigenvalue weighted by atomic mass is 16.5. The average molecular weight is 310 g/mol. The second-order valence-electron chi connectivity index (χ2n) is 6.01. The predicted octanol–water partition coefficient (Wildman–Crippen LogP) is 3.84. The standard InChI is InChI=1S/C19H22N2O2/c1-12-18(14-7-5-6-8-15(14)20-12)19(21(2)3)13-9-10-16(22)17(11-13)23-4/h5-11,19-20,22H,1-4H3. The minimum Gasteiger partial charge on any atom is -0.504 e. The molecular formula is C19H22N2O2. The molecule has 0 aliphatic rings. The number of aromatic amines is 1. The number of phenolic OH excluding ortho intramolecular Hbond substituents is 1. The van der Waals surface area contributed by atoms with Gasteiger partial charge in [-0.05, 0) is 44.8 Å². The van der Waals surface area contributed by atoms with Gasteiger partial charge in [-0.25, -0.2) is 0 Å². The van der Waals surface area contributed by atoms with E-state index in [2.05, 4.69) is 49.1 Å². The molecule has 0 fully saturated rings. The van der Waals surface area contributed by atoms with E-state index in [4.69, 9.17) is 4.74 Å². The highest BCUT2D eigenvalue weighted by molar-refractivity contribution is 5.85. The van der Waals surface area contributed by atoms with Crippen molar-refractivity contribution in [3.63, 3.8) is 0 Å². The first-order chi connectivity index (χ1) is 11.0. The molecule has 0 aliphatic heterocycles. The summed E-state index contributed by atoms with van der Waals surface area (Å²) >= 11 is 0. The van der Waals surface area contributed by atoms with E-state index >= 15 is 0 Å². The van der Waals surface area contributed by atoms with Crippen molar-refractivity contribution >= 4 is 10.9 Å². The number of hydrogen-bond acceptors (Lipinski definition) is 3. The number of aromatic nitrogens is 1. The Kier molecular flexibility index (Phi) is 4.01. The Morgan fingerprint density at radius 2 is 1.87 bits per heavy atom. The molecule has 1 atom stereocenters. The number of fused-ring (bicyclic) bond motifs is 1. The molecule has 23 heavy (non-hydrogen) atoms. The lowest BCUT2D eigenvalue weighted by Gasteiger charge is -2.26. The van der Waals surface area contributed by atoms with Crippen molar-refractivity contribution < 1.29 is 9.84 Å². The Balaban J connectivity index is 2.21. The van der Waals surface area contributed by atoms with Gasteiger partial charge in [-0.2, -0.15) is 0 Å². The monoisotopic (exact) mass is 310 g/mol. The van der Waals surface area contributed by atoms with Crippen LogP contribution in [-0.4, -0.2) is 36.2 Å². The lowest BCUT2D eigenvalue weighted by atomic mass is 9.95. The summed E-state index contributed by atoms with van der Waals surface area (Å²) < 4.78 is 5.27. The van der Waals surface area contributed by atoms with Crippen molar-refractivity contribution in [3.8, 4) is 11.5 Å². The van der Waals surface area contributed by atoms with E-state index < -0.39 is 0 Å². The van der Waals surface area contributed by atoms with Gasteiger partial charge in [-0.3, -0.25) is 4.90 Å². The number of nitrogens with one attached hydrogen (secondary N) is 1. The van der Waals surface area contributed by atoms with Gasteiger partial charge in [-0.15, -0.1) is 0 Å². The van der Waals surface area contributed by atoms with Crippen molar-refractivity contribution in [1.29, 1.82) is 0 Å². The van der Waals surface area contributed by atoms with Crippen molar-refractivity contribution in [3.05, 3.63) is 59.3 Å². The molecule has 2 aromatic carbocycles. The summed E-state index contributed by atoms with van der Waals surface area (Å²) in [6, 6.07) is 13.9. The SMILES string of the molecule is COc1cc(C(c2c(C)[nH]c3ccccc23)N(C)C)ccc1O. The highest BCUT2D eigenvalue weighted by Gasteiger charge is 2.23. The quantitative estimate of drug-likeness (QED) is 0.769. The summed E-state index contributed by atoms with van der Waals surface area (Å²) in [5, 5.41) is 11.1. The van der Waals surface area contributed by atoms with Gasteiger partial charge in [0, 0.05) is 22.2 Å². The minimum absolute atomic E-state index is 0.0700. The summed E-state index contributed by atoms with van der Waals surface area (Å²) in [7, 11) is 5.69. The number of para-hydroxylation sites is 1. The molecule has 1 aromatic heterocycles. The first-order valence-electron chi connectivity index (χ1n) is 7.63. The fourth-order valence-corrected chi connectivity index (χ4v) is 3.24. The summed E-state index contributed by atoms with van der Waals surface area (Å²) in [6.45, 7) is 2.10. The number of methoxy groups -OCH3 is 1. The molecular weight excluding hydrogens is 288 g/mol. The normalized spacial score (nSPS) is 12.7.